The van der Waals surface area contributed by atoms with Crippen molar-refractivity contribution in [3.63, 3.8) is 0 Å². The summed E-state index contributed by atoms with van der Waals surface area (Å²) in [6, 6.07) is 0. The molecular formula is C15H28N2O2. The number of hydrogen-bond donors (Lipinski definition) is 2. The summed E-state index contributed by atoms with van der Waals surface area (Å²) >= 11 is 0. The van der Waals surface area contributed by atoms with Gasteiger partial charge in [0.15, 0.2) is 0 Å². The standard InChI is InChI=1S/C15H28N2O2/c1-12(2)15(6-8-16-11-15)14(18)17-7-3-9-19-10-13-4-5-13/h12-13,16H,3-11H2,1-2H3,(H,17,18). The Labute approximate surface area is 116 Å². The molecule has 19 heavy (non-hydrogen) atoms. The Bertz CT molecular complexity index is 295. The first-order chi connectivity index (χ1) is 9.15. The lowest BCUT2D eigenvalue weighted by atomic mass is 9.75. The van der Waals surface area contributed by atoms with Crippen molar-refractivity contribution in [1.82, 2.24) is 10.6 Å². The van der Waals surface area contributed by atoms with Crippen molar-refractivity contribution < 1.29 is 9.53 Å². The number of amides is 1. The van der Waals surface area contributed by atoms with Gasteiger partial charge in [0.1, 0.15) is 0 Å². The number of nitrogens with one attached hydrogen (secondary N) is 2. The van der Waals surface area contributed by atoms with E-state index in [0.29, 0.717) is 5.92 Å². The van der Waals surface area contributed by atoms with Crippen molar-refractivity contribution in [2.45, 2.75) is 39.5 Å². The van der Waals surface area contributed by atoms with E-state index in [1.165, 1.54) is 12.8 Å². The van der Waals surface area contributed by atoms with Crippen LogP contribution in [0.15, 0.2) is 0 Å². The highest BCUT2D eigenvalue weighted by Crippen LogP contribution is 2.34. The van der Waals surface area contributed by atoms with Crippen LogP contribution in [-0.4, -0.2) is 38.8 Å². The van der Waals surface area contributed by atoms with Crippen molar-refractivity contribution in [3.05, 3.63) is 0 Å². The van der Waals surface area contributed by atoms with Crippen LogP contribution in [-0.2, 0) is 9.53 Å². The Morgan fingerprint density at radius 3 is 2.84 bits per heavy atom. The molecule has 0 aromatic carbocycles. The highest BCUT2D eigenvalue weighted by Gasteiger charge is 2.43. The zero-order chi connectivity index (χ0) is 13.7. The minimum absolute atomic E-state index is 0.200. The lowest BCUT2D eigenvalue weighted by molar-refractivity contribution is -0.132. The average Bonchev–Trinajstić information content (AvgIpc) is 3.06. The maximum absolute atomic E-state index is 12.4. The number of hydrogen-bond acceptors (Lipinski definition) is 3. The van der Waals surface area contributed by atoms with Gasteiger partial charge in [-0.3, -0.25) is 4.79 Å². The van der Waals surface area contributed by atoms with Crippen LogP contribution in [0.4, 0.5) is 0 Å². The van der Waals surface area contributed by atoms with E-state index >= 15 is 0 Å². The maximum Gasteiger partial charge on any atom is 0.227 e. The molecule has 0 radical (unpaired) electrons. The van der Waals surface area contributed by atoms with Gasteiger partial charge < -0.3 is 15.4 Å². The van der Waals surface area contributed by atoms with Gasteiger partial charge in [0.05, 0.1) is 5.41 Å². The minimum atomic E-state index is -0.200. The molecule has 0 bridgehead atoms. The molecule has 1 atom stereocenters. The highest BCUT2D eigenvalue weighted by molar-refractivity contribution is 5.83. The molecule has 1 heterocycles. The summed E-state index contributed by atoms with van der Waals surface area (Å²) < 4.78 is 5.57. The molecule has 2 N–H and O–H groups in total. The molecule has 1 aliphatic heterocycles. The lowest BCUT2D eigenvalue weighted by Gasteiger charge is -2.31. The fraction of sp³-hybridized carbons (Fsp3) is 0.933. The molecule has 0 spiro atoms. The van der Waals surface area contributed by atoms with Gasteiger partial charge in [0.25, 0.3) is 0 Å². The predicted octanol–water partition coefficient (Wildman–Crippen LogP) is 1.56. The third kappa shape index (κ3) is 3.93. The van der Waals surface area contributed by atoms with Crippen molar-refractivity contribution in [2.75, 3.05) is 32.8 Å². The van der Waals surface area contributed by atoms with Gasteiger partial charge in [-0.2, -0.15) is 0 Å². The van der Waals surface area contributed by atoms with Gasteiger partial charge in [-0.1, -0.05) is 13.8 Å². The summed E-state index contributed by atoms with van der Waals surface area (Å²) in [5, 5.41) is 6.41. The minimum Gasteiger partial charge on any atom is -0.381 e. The molecular weight excluding hydrogens is 240 g/mol. The second-order valence-corrected chi connectivity index (χ2v) is 6.37. The zero-order valence-corrected chi connectivity index (χ0v) is 12.3. The first-order valence-electron chi connectivity index (χ1n) is 7.72. The fourth-order valence-corrected chi connectivity index (χ4v) is 2.75. The van der Waals surface area contributed by atoms with Crippen LogP contribution in [0.25, 0.3) is 0 Å². The third-order valence-corrected chi connectivity index (χ3v) is 4.55. The Balaban J connectivity index is 1.62. The summed E-state index contributed by atoms with van der Waals surface area (Å²) in [5.74, 6) is 1.42. The Morgan fingerprint density at radius 2 is 2.26 bits per heavy atom. The van der Waals surface area contributed by atoms with Crippen LogP contribution in [0.1, 0.15) is 39.5 Å². The van der Waals surface area contributed by atoms with Crippen LogP contribution in [0.3, 0.4) is 0 Å². The molecule has 1 saturated heterocycles. The summed E-state index contributed by atoms with van der Waals surface area (Å²) in [5.41, 5.74) is -0.200. The molecule has 1 saturated carbocycles. The van der Waals surface area contributed by atoms with E-state index in [2.05, 4.69) is 24.5 Å². The molecule has 4 nitrogen and oxygen atoms in total. The largest absolute Gasteiger partial charge is 0.381 e. The van der Waals surface area contributed by atoms with Gasteiger partial charge in [-0.05, 0) is 44.1 Å². The van der Waals surface area contributed by atoms with Crippen LogP contribution in [0.2, 0.25) is 0 Å². The molecule has 0 aromatic heterocycles. The summed E-state index contributed by atoms with van der Waals surface area (Å²) in [7, 11) is 0. The number of ether oxygens (including phenoxy) is 1. The molecule has 2 aliphatic rings. The number of carbonyl (C=O) groups excluding carboxylic acids is 1. The first kappa shape index (κ1) is 14.8. The quantitative estimate of drug-likeness (QED) is 0.657. The van der Waals surface area contributed by atoms with E-state index in [1.54, 1.807) is 0 Å². The van der Waals surface area contributed by atoms with Crippen molar-refractivity contribution in [2.24, 2.45) is 17.3 Å². The van der Waals surface area contributed by atoms with Crippen LogP contribution < -0.4 is 10.6 Å². The van der Waals surface area contributed by atoms with Crippen molar-refractivity contribution in [1.29, 1.82) is 0 Å². The Kier molecular flexibility index (Phi) is 5.22. The third-order valence-electron chi connectivity index (χ3n) is 4.55. The Morgan fingerprint density at radius 1 is 1.47 bits per heavy atom. The fourth-order valence-electron chi connectivity index (χ4n) is 2.75. The predicted molar refractivity (Wildman–Crippen MR) is 75.9 cm³/mol. The van der Waals surface area contributed by atoms with Crippen LogP contribution in [0, 0.1) is 17.3 Å². The number of carbonyl (C=O) groups is 1. The maximum atomic E-state index is 12.4. The van der Waals surface area contributed by atoms with Gasteiger partial charge in [-0.25, -0.2) is 0 Å². The topological polar surface area (TPSA) is 50.4 Å². The normalized spacial score (nSPS) is 26.9. The van der Waals surface area contributed by atoms with Crippen LogP contribution >= 0.6 is 0 Å². The Hall–Kier alpha value is -0.610. The van der Waals surface area contributed by atoms with Gasteiger partial charge >= 0.3 is 0 Å². The number of rotatable bonds is 8. The average molecular weight is 268 g/mol. The zero-order valence-electron chi connectivity index (χ0n) is 12.3. The van der Waals surface area contributed by atoms with Gasteiger partial charge in [-0.15, -0.1) is 0 Å². The highest BCUT2D eigenvalue weighted by atomic mass is 16.5. The van der Waals surface area contributed by atoms with Crippen molar-refractivity contribution >= 4 is 5.91 Å². The first-order valence-corrected chi connectivity index (χ1v) is 7.72. The van der Waals surface area contributed by atoms with Gasteiger partial charge in [0, 0.05) is 26.3 Å². The summed E-state index contributed by atoms with van der Waals surface area (Å²) in [6.45, 7) is 8.47. The summed E-state index contributed by atoms with van der Waals surface area (Å²) in [4.78, 5) is 12.4. The van der Waals surface area contributed by atoms with E-state index < -0.39 is 0 Å². The van der Waals surface area contributed by atoms with E-state index in [-0.39, 0.29) is 11.3 Å². The van der Waals surface area contributed by atoms with Crippen molar-refractivity contribution in [3.8, 4) is 0 Å². The lowest BCUT2D eigenvalue weighted by Crippen LogP contribution is -2.46. The molecule has 0 aromatic rings. The van der Waals surface area contributed by atoms with Crippen LogP contribution in [0.5, 0.6) is 0 Å². The van der Waals surface area contributed by atoms with E-state index in [0.717, 1.165) is 51.6 Å². The van der Waals surface area contributed by atoms with E-state index in [9.17, 15) is 4.79 Å². The molecule has 1 amide bonds. The smallest absolute Gasteiger partial charge is 0.227 e. The molecule has 4 heteroatoms. The molecule has 2 rings (SSSR count). The van der Waals surface area contributed by atoms with Gasteiger partial charge in [0.2, 0.25) is 5.91 Å². The van der Waals surface area contributed by atoms with E-state index in [4.69, 9.17) is 4.74 Å². The molecule has 1 unspecified atom stereocenters. The second kappa shape index (κ2) is 6.71. The summed E-state index contributed by atoms with van der Waals surface area (Å²) in [6.07, 6.45) is 4.54. The molecule has 110 valence electrons. The van der Waals surface area contributed by atoms with E-state index in [1.807, 2.05) is 0 Å². The second-order valence-electron chi connectivity index (χ2n) is 6.37. The SMILES string of the molecule is CC(C)C1(C(=O)NCCCOCC2CC2)CCNC1. The molecule has 1 aliphatic carbocycles. The monoisotopic (exact) mass is 268 g/mol. The molecule has 2 fully saturated rings.